The van der Waals surface area contributed by atoms with E-state index in [1.54, 1.807) is 0 Å². The zero-order valence-corrected chi connectivity index (χ0v) is 16.1. The molecule has 2 saturated heterocycles. The van der Waals surface area contributed by atoms with Gasteiger partial charge < -0.3 is 15.4 Å². The molecule has 0 bridgehead atoms. The smallest absolute Gasteiger partial charge is 0.377 e. The molecule has 1 aromatic heterocycles. The van der Waals surface area contributed by atoms with Gasteiger partial charge in [-0.1, -0.05) is 24.3 Å². The second kappa shape index (κ2) is 7.73. The third kappa shape index (κ3) is 3.85. The van der Waals surface area contributed by atoms with Gasteiger partial charge in [-0.25, -0.2) is 9.97 Å². The van der Waals surface area contributed by atoms with Crippen LogP contribution in [0.2, 0.25) is 0 Å². The maximum Gasteiger partial charge on any atom is 0.379 e. The summed E-state index contributed by atoms with van der Waals surface area (Å²) >= 11 is 0. The van der Waals surface area contributed by atoms with Gasteiger partial charge in [0.25, 0.3) is 5.92 Å². The molecule has 0 radical (unpaired) electrons. The third-order valence-electron chi connectivity index (χ3n) is 5.62. The number of nitrogens with two attached hydrogens (primary N) is 1. The lowest BCUT2D eigenvalue weighted by Crippen LogP contribution is -2.54. The predicted molar refractivity (Wildman–Crippen MR) is 100 cm³/mol. The Bertz CT molecular complexity index is 911. The molecule has 5 nitrogen and oxygen atoms in total. The summed E-state index contributed by atoms with van der Waals surface area (Å²) in [6, 6.07) is 7.73. The summed E-state index contributed by atoms with van der Waals surface area (Å²) in [6.07, 6.45) is 1.14. The molecule has 2 aromatic rings. The van der Waals surface area contributed by atoms with E-state index in [0.717, 1.165) is 30.6 Å². The number of halogens is 5. The molecule has 2 N–H and O–H groups in total. The first kappa shape index (κ1) is 20.9. The van der Waals surface area contributed by atoms with Crippen molar-refractivity contribution in [3.63, 3.8) is 0 Å². The fraction of sp³-hybridized carbons (Fsp3) is 0.500. The largest absolute Gasteiger partial charge is 0.379 e. The van der Waals surface area contributed by atoms with Gasteiger partial charge >= 0.3 is 6.68 Å². The van der Waals surface area contributed by atoms with E-state index in [-0.39, 0.29) is 12.1 Å². The number of nitrogens with zero attached hydrogens (tertiary/aromatic N) is 3. The average molecular weight is 428 g/mol. The summed E-state index contributed by atoms with van der Waals surface area (Å²) in [5, 5.41) is 0. The van der Waals surface area contributed by atoms with Crippen molar-refractivity contribution in [2.45, 2.75) is 37.4 Å². The number of aromatic nitrogens is 2. The van der Waals surface area contributed by atoms with Gasteiger partial charge in [-0.05, 0) is 18.4 Å². The Hall–Kier alpha value is -2.33. The van der Waals surface area contributed by atoms with Gasteiger partial charge in [0, 0.05) is 30.6 Å². The molecular formula is C20H21F5N4O. The number of fused-ring (bicyclic) bond motifs is 1. The van der Waals surface area contributed by atoms with Crippen molar-refractivity contribution in [2.24, 2.45) is 5.73 Å². The number of anilines is 1. The average Bonchev–Trinajstić information content (AvgIpc) is 2.93. The van der Waals surface area contributed by atoms with Crippen molar-refractivity contribution in [3.05, 3.63) is 41.1 Å². The first-order valence-corrected chi connectivity index (χ1v) is 9.63. The molecule has 0 spiro atoms. The van der Waals surface area contributed by atoms with Gasteiger partial charge in [-0.3, -0.25) is 0 Å². The molecule has 5 rings (SSSR count). The molecule has 10 heteroatoms. The molecule has 1 aliphatic carbocycles. The summed E-state index contributed by atoms with van der Waals surface area (Å²) in [5.74, 6) is -2.46. The number of alkyl halides is 5. The molecular weight excluding hydrogens is 407 g/mol. The topological polar surface area (TPSA) is 64.3 Å². The van der Waals surface area contributed by atoms with E-state index in [0.29, 0.717) is 36.8 Å². The molecule has 0 amide bonds. The summed E-state index contributed by atoms with van der Waals surface area (Å²) in [5.41, 5.74) is 8.74. The molecule has 1 aromatic carbocycles. The maximum atomic E-state index is 14.3. The van der Waals surface area contributed by atoms with Gasteiger partial charge in [0.1, 0.15) is 5.69 Å². The molecule has 2 fully saturated rings. The van der Waals surface area contributed by atoms with Crippen LogP contribution in [-0.2, 0) is 22.6 Å². The normalized spacial score (nSPS) is 20.7. The number of rotatable bonds is 3. The van der Waals surface area contributed by atoms with Crippen LogP contribution in [0.1, 0.15) is 29.7 Å². The van der Waals surface area contributed by atoms with Crippen molar-refractivity contribution >= 4 is 5.95 Å². The fourth-order valence-corrected chi connectivity index (χ4v) is 3.76. The Labute approximate surface area is 170 Å². The Morgan fingerprint density at radius 1 is 1.03 bits per heavy atom. The minimum atomic E-state index is -3.67. The van der Waals surface area contributed by atoms with Crippen molar-refractivity contribution in [1.82, 2.24) is 9.97 Å². The second-order valence-corrected chi connectivity index (χ2v) is 7.72. The van der Waals surface area contributed by atoms with Gasteiger partial charge in [0.2, 0.25) is 5.95 Å². The number of hydrogen-bond acceptors (Lipinski definition) is 5. The number of benzene rings is 1. The molecule has 3 aliphatic rings. The summed E-state index contributed by atoms with van der Waals surface area (Å²) in [6.45, 7) is -1.03. The highest BCUT2D eigenvalue weighted by atomic mass is 19.4. The summed E-state index contributed by atoms with van der Waals surface area (Å²) in [4.78, 5) is 10.8. The van der Waals surface area contributed by atoms with E-state index in [9.17, 15) is 22.0 Å². The highest BCUT2D eigenvalue weighted by Crippen LogP contribution is 2.44. The Morgan fingerprint density at radius 2 is 1.67 bits per heavy atom. The van der Waals surface area contributed by atoms with Crippen molar-refractivity contribution in [2.75, 3.05) is 31.2 Å². The van der Waals surface area contributed by atoms with Crippen molar-refractivity contribution in [1.29, 1.82) is 0 Å². The molecule has 162 valence electrons. The van der Waals surface area contributed by atoms with Crippen LogP contribution in [-0.4, -0.2) is 43.0 Å². The minimum absolute atomic E-state index is 0.101. The molecule has 0 atom stereocenters. The first-order valence-electron chi connectivity index (χ1n) is 9.63. The third-order valence-corrected chi connectivity index (χ3v) is 5.62. The van der Waals surface area contributed by atoms with E-state index >= 15 is 0 Å². The van der Waals surface area contributed by atoms with Gasteiger partial charge in [-0.15, -0.1) is 0 Å². The lowest BCUT2D eigenvalue weighted by molar-refractivity contribution is -0.0569. The van der Waals surface area contributed by atoms with Crippen LogP contribution in [0.3, 0.4) is 0 Å². The summed E-state index contributed by atoms with van der Waals surface area (Å²) < 4.78 is 62.9. The second-order valence-electron chi connectivity index (χ2n) is 7.72. The zero-order valence-electron chi connectivity index (χ0n) is 16.1. The highest BCUT2D eigenvalue weighted by molar-refractivity contribution is 5.67. The molecule has 2 aliphatic heterocycles. The monoisotopic (exact) mass is 428 g/mol. The standard InChI is InChI=1S/C19H20F2N4O.CHF3/c20-19(21)7-6-14-15(23-17(24-16(14)19)25-8-1-9-25)12-2-4-13(5-3-12)18(22)10-26-11-18;2-1(3)4/h2-5H,1,6-11,22H2;1H. The quantitative estimate of drug-likeness (QED) is 0.755. The highest BCUT2D eigenvalue weighted by Gasteiger charge is 2.43. The van der Waals surface area contributed by atoms with Crippen LogP contribution in [0, 0.1) is 0 Å². The van der Waals surface area contributed by atoms with Crippen molar-refractivity contribution < 1.29 is 26.7 Å². The SMILES string of the molecule is FC(F)F.NC1(c2ccc(-c3nc(N4CCC4)nc4c3CCC4(F)F)cc2)COC1. The molecule has 3 heterocycles. The van der Waals surface area contributed by atoms with Crippen LogP contribution in [0.15, 0.2) is 24.3 Å². The Morgan fingerprint density at radius 3 is 2.17 bits per heavy atom. The predicted octanol–water partition coefficient (Wildman–Crippen LogP) is 3.75. The Balaban J connectivity index is 0.000000503. The lowest BCUT2D eigenvalue weighted by atomic mass is 9.88. The van der Waals surface area contributed by atoms with E-state index < -0.39 is 18.1 Å². The van der Waals surface area contributed by atoms with Crippen LogP contribution in [0.4, 0.5) is 27.9 Å². The van der Waals surface area contributed by atoms with E-state index in [2.05, 4.69) is 9.97 Å². The van der Waals surface area contributed by atoms with E-state index in [1.807, 2.05) is 29.2 Å². The first-order chi connectivity index (χ1) is 14.2. The molecule has 30 heavy (non-hydrogen) atoms. The molecule has 0 saturated carbocycles. The Kier molecular flexibility index (Phi) is 5.39. The van der Waals surface area contributed by atoms with E-state index in [1.165, 1.54) is 0 Å². The van der Waals surface area contributed by atoms with Crippen LogP contribution in [0.25, 0.3) is 11.3 Å². The van der Waals surface area contributed by atoms with Crippen LogP contribution < -0.4 is 10.6 Å². The zero-order chi connectivity index (χ0) is 21.5. The van der Waals surface area contributed by atoms with E-state index in [4.69, 9.17) is 10.5 Å². The lowest BCUT2D eigenvalue weighted by Gasteiger charge is -2.38. The molecule has 0 unspecified atom stereocenters. The van der Waals surface area contributed by atoms with Gasteiger partial charge in [-0.2, -0.15) is 22.0 Å². The van der Waals surface area contributed by atoms with Gasteiger partial charge in [0.05, 0.1) is 24.4 Å². The maximum absolute atomic E-state index is 14.3. The number of hydrogen-bond donors (Lipinski definition) is 1. The minimum Gasteiger partial charge on any atom is -0.377 e. The van der Waals surface area contributed by atoms with Crippen molar-refractivity contribution in [3.8, 4) is 11.3 Å². The number of ether oxygens (including phenoxy) is 1. The fourth-order valence-electron chi connectivity index (χ4n) is 3.76. The van der Waals surface area contributed by atoms with Crippen LogP contribution >= 0.6 is 0 Å². The van der Waals surface area contributed by atoms with Crippen LogP contribution in [0.5, 0.6) is 0 Å². The van der Waals surface area contributed by atoms with Gasteiger partial charge in [0.15, 0.2) is 0 Å². The summed E-state index contributed by atoms with van der Waals surface area (Å²) in [7, 11) is 0.